The Labute approximate surface area is 190 Å². The molecule has 2 aromatic rings. The van der Waals surface area contributed by atoms with Gasteiger partial charge in [-0.2, -0.15) is 8.42 Å². The number of rotatable bonds is 7. The molecule has 0 spiro atoms. The maximum absolute atomic E-state index is 12.8. The van der Waals surface area contributed by atoms with Gasteiger partial charge >= 0.3 is 0 Å². The predicted octanol–water partition coefficient (Wildman–Crippen LogP) is 3.85. The van der Waals surface area contributed by atoms with E-state index in [0.717, 1.165) is 17.3 Å². The topological polar surface area (TPSA) is 95.9 Å². The van der Waals surface area contributed by atoms with E-state index in [9.17, 15) is 18.0 Å². The molecule has 2 aromatic carbocycles. The van der Waals surface area contributed by atoms with Crippen LogP contribution in [0, 0.1) is 6.92 Å². The monoisotopic (exact) mass is 477 g/mol. The number of nitrogens with one attached hydrogen (secondary N) is 1. The third-order valence-electron chi connectivity index (χ3n) is 4.43. The molecule has 162 valence electrons. The molecule has 1 fully saturated rings. The van der Waals surface area contributed by atoms with E-state index in [2.05, 4.69) is 16.3 Å². The van der Waals surface area contributed by atoms with Crippen LogP contribution in [0.15, 0.2) is 70.5 Å². The maximum atomic E-state index is 12.8. The van der Waals surface area contributed by atoms with Gasteiger partial charge in [0.2, 0.25) is 11.8 Å². The van der Waals surface area contributed by atoms with Gasteiger partial charge in [0.15, 0.2) is 5.17 Å². The van der Waals surface area contributed by atoms with Crippen molar-refractivity contribution in [2.75, 3.05) is 11.9 Å². The Morgan fingerprint density at radius 1 is 1.26 bits per heavy atom. The first kappa shape index (κ1) is 23.1. The Hall–Kier alpha value is -2.62. The van der Waals surface area contributed by atoms with Crippen molar-refractivity contribution in [1.82, 2.24) is 4.90 Å². The van der Waals surface area contributed by atoms with Gasteiger partial charge in [-0.3, -0.25) is 14.5 Å². The second kappa shape index (κ2) is 9.67. The van der Waals surface area contributed by atoms with E-state index in [0.29, 0.717) is 10.7 Å². The Bertz CT molecular complexity index is 1150. The normalized spacial score (nSPS) is 17.7. The van der Waals surface area contributed by atoms with Crippen LogP contribution in [0.25, 0.3) is 0 Å². The molecule has 0 aliphatic carbocycles. The Morgan fingerprint density at radius 3 is 2.58 bits per heavy atom. The number of thioether (sulfide) groups is 1. The largest absolute Gasteiger partial charge is 0.326 e. The lowest BCUT2D eigenvalue weighted by molar-refractivity contribution is -0.127. The standard InChI is InChI=1S/C21H20ClN3O4S2/c1-3-12-25-20(27)18(13-19(26)23-17-7-5-4-6-14(17)2)30-21(25)24-31(28,29)16-10-8-15(22)9-11-16/h3-11,18H,1,12-13H2,2H3,(H,23,26)/b24-21+. The third kappa shape index (κ3) is 5.55. The summed E-state index contributed by atoms with van der Waals surface area (Å²) in [6, 6.07) is 12.9. The molecule has 0 saturated carbocycles. The third-order valence-corrected chi connectivity index (χ3v) is 7.26. The van der Waals surface area contributed by atoms with Gasteiger partial charge in [-0.05, 0) is 42.8 Å². The van der Waals surface area contributed by atoms with Crippen LogP contribution < -0.4 is 5.32 Å². The molecule has 1 aliphatic rings. The van der Waals surface area contributed by atoms with Crippen LogP contribution in [-0.2, 0) is 19.6 Å². The second-order valence-electron chi connectivity index (χ2n) is 6.71. The van der Waals surface area contributed by atoms with Crippen LogP contribution in [0.3, 0.4) is 0 Å². The van der Waals surface area contributed by atoms with Crippen molar-refractivity contribution in [3.8, 4) is 0 Å². The summed E-state index contributed by atoms with van der Waals surface area (Å²) in [4.78, 5) is 26.5. The molecule has 10 heteroatoms. The highest BCUT2D eigenvalue weighted by atomic mass is 35.5. The lowest BCUT2D eigenvalue weighted by Crippen LogP contribution is -2.34. The molecule has 1 saturated heterocycles. The lowest BCUT2D eigenvalue weighted by atomic mass is 10.2. The molecule has 1 unspecified atom stereocenters. The van der Waals surface area contributed by atoms with Crippen LogP contribution in [0.4, 0.5) is 5.69 Å². The maximum Gasteiger partial charge on any atom is 0.284 e. The summed E-state index contributed by atoms with van der Waals surface area (Å²) in [5.41, 5.74) is 1.55. The van der Waals surface area contributed by atoms with E-state index in [4.69, 9.17) is 11.6 Å². The number of anilines is 1. The van der Waals surface area contributed by atoms with Crippen LogP contribution >= 0.6 is 23.4 Å². The molecule has 3 rings (SSSR count). The number of hydrogen-bond donors (Lipinski definition) is 1. The van der Waals surface area contributed by atoms with Crippen molar-refractivity contribution in [2.45, 2.75) is 23.5 Å². The summed E-state index contributed by atoms with van der Waals surface area (Å²) in [6.07, 6.45) is 1.35. The van der Waals surface area contributed by atoms with Crippen LogP contribution in [-0.4, -0.2) is 42.1 Å². The minimum absolute atomic E-state index is 0.00791. The second-order valence-corrected chi connectivity index (χ2v) is 9.92. The number of benzene rings is 2. The summed E-state index contributed by atoms with van der Waals surface area (Å²) >= 11 is 6.76. The number of amides is 2. The molecule has 0 radical (unpaired) electrons. The summed E-state index contributed by atoms with van der Waals surface area (Å²) < 4.78 is 29.2. The quantitative estimate of drug-likeness (QED) is 0.611. The number of para-hydroxylation sites is 1. The van der Waals surface area contributed by atoms with E-state index in [1.54, 1.807) is 12.1 Å². The molecule has 1 aliphatic heterocycles. The van der Waals surface area contributed by atoms with Crippen molar-refractivity contribution in [2.24, 2.45) is 4.40 Å². The van der Waals surface area contributed by atoms with Gasteiger partial charge < -0.3 is 5.32 Å². The van der Waals surface area contributed by atoms with Crippen molar-refractivity contribution in [3.63, 3.8) is 0 Å². The Kier molecular flexibility index (Phi) is 7.19. The van der Waals surface area contributed by atoms with E-state index >= 15 is 0 Å². The SMILES string of the molecule is C=CCN1C(=O)C(CC(=O)Nc2ccccc2C)S/C1=N/S(=O)(=O)c1ccc(Cl)cc1. The van der Waals surface area contributed by atoms with Gasteiger partial charge in [-0.15, -0.1) is 11.0 Å². The first-order valence-corrected chi connectivity index (χ1v) is 12.0. The molecule has 1 N–H and O–H groups in total. The Balaban J connectivity index is 1.80. The number of carbonyl (C=O) groups excluding carboxylic acids is 2. The zero-order valence-electron chi connectivity index (χ0n) is 16.6. The van der Waals surface area contributed by atoms with Crippen LogP contribution in [0.1, 0.15) is 12.0 Å². The number of hydrogen-bond acceptors (Lipinski definition) is 5. The predicted molar refractivity (Wildman–Crippen MR) is 124 cm³/mol. The zero-order chi connectivity index (χ0) is 22.6. The lowest BCUT2D eigenvalue weighted by Gasteiger charge is -2.14. The molecule has 0 aromatic heterocycles. The fourth-order valence-corrected chi connectivity index (χ4v) is 5.34. The fraction of sp³-hybridized carbons (Fsp3) is 0.190. The molecular formula is C21H20ClN3O4S2. The van der Waals surface area contributed by atoms with Gasteiger partial charge in [0, 0.05) is 23.7 Å². The number of aryl methyl sites for hydroxylation is 1. The van der Waals surface area contributed by atoms with Crippen molar-refractivity contribution in [1.29, 1.82) is 0 Å². The molecular weight excluding hydrogens is 458 g/mol. The molecule has 1 heterocycles. The summed E-state index contributed by atoms with van der Waals surface area (Å²) in [5.74, 6) is -0.740. The van der Waals surface area contributed by atoms with Gasteiger partial charge in [0.05, 0.1) is 4.90 Å². The van der Waals surface area contributed by atoms with E-state index in [-0.39, 0.29) is 28.9 Å². The van der Waals surface area contributed by atoms with Gasteiger partial charge in [0.25, 0.3) is 10.0 Å². The summed E-state index contributed by atoms with van der Waals surface area (Å²) in [5, 5.41) is 2.40. The van der Waals surface area contributed by atoms with E-state index in [1.165, 1.54) is 35.2 Å². The first-order chi connectivity index (χ1) is 14.7. The average Bonchev–Trinajstić information content (AvgIpc) is 2.98. The highest BCUT2D eigenvalue weighted by Gasteiger charge is 2.39. The van der Waals surface area contributed by atoms with Gasteiger partial charge in [0.1, 0.15) is 5.25 Å². The van der Waals surface area contributed by atoms with Crippen molar-refractivity contribution in [3.05, 3.63) is 71.8 Å². The highest BCUT2D eigenvalue weighted by Crippen LogP contribution is 2.31. The average molecular weight is 478 g/mol. The van der Waals surface area contributed by atoms with Gasteiger partial charge in [-0.1, -0.05) is 47.6 Å². The highest BCUT2D eigenvalue weighted by molar-refractivity contribution is 8.16. The number of amidine groups is 1. The minimum atomic E-state index is -4.06. The van der Waals surface area contributed by atoms with Crippen molar-refractivity contribution < 1.29 is 18.0 Å². The molecule has 31 heavy (non-hydrogen) atoms. The van der Waals surface area contributed by atoms with Crippen LogP contribution in [0.5, 0.6) is 0 Å². The summed E-state index contributed by atoms with van der Waals surface area (Å²) in [6.45, 7) is 5.55. The summed E-state index contributed by atoms with van der Waals surface area (Å²) in [7, 11) is -4.06. The van der Waals surface area contributed by atoms with Crippen LogP contribution in [0.2, 0.25) is 5.02 Å². The molecule has 2 amide bonds. The zero-order valence-corrected chi connectivity index (χ0v) is 19.0. The first-order valence-electron chi connectivity index (χ1n) is 9.26. The molecule has 0 bridgehead atoms. The fourth-order valence-electron chi connectivity index (χ4n) is 2.85. The molecule has 1 atom stereocenters. The number of carbonyl (C=O) groups is 2. The van der Waals surface area contributed by atoms with Gasteiger partial charge in [-0.25, -0.2) is 0 Å². The number of sulfonamides is 1. The number of nitrogens with zero attached hydrogens (tertiary/aromatic N) is 2. The smallest absolute Gasteiger partial charge is 0.284 e. The Morgan fingerprint density at radius 2 is 1.94 bits per heavy atom. The van der Waals surface area contributed by atoms with E-state index in [1.807, 2.05) is 19.1 Å². The molecule has 7 nitrogen and oxygen atoms in total. The van der Waals surface area contributed by atoms with Crippen molar-refractivity contribution >= 4 is 56.1 Å². The minimum Gasteiger partial charge on any atom is -0.326 e. The number of halogens is 1. The van der Waals surface area contributed by atoms with E-state index < -0.39 is 21.2 Å².